The summed E-state index contributed by atoms with van der Waals surface area (Å²) in [7, 11) is 2.23. The molecule has 0 amide bonds. The highest BCUT2D eigenvalue weighted by molar-refractivity contribution is 6.25. The molecule has 1 aliphatic rings. The van der Waals surface area contributed by atoms with Crippen molar-refractivity contribution in [3.63, 3.8) is 0 Å². The molecule has 9 nitrogen and oxygen atoms in total. The van der Waals surface area contributed by atoms with Crippen molar-refractivity contribution < 1.29 is 41.5 Å². The van der Waals surface area contributed by atoms with E-state index in [4.69, 9.17) is 19.8 Å². The lowest BCUT2D eigenvalue weighted by atomic mass is 10.4. The molecule has 1 saturated heterocycles. The lowest BCUT2D eigenvalue weighted by Crippen LogP contribution is -3.13. The topological polar surface area (TPSA) is 179 Å². The molecule has 0 bridgehead atoms. The Balaban J connectivity index is -0.000000195. The maximum Gasteiger partial charge on any atom is 0.0966 e. The number of carboxylic acid groups (broad SMARTS) is 2. The molecule has 98 valence electrons. The first kappa shape index (κ1) is 20.2. The van der Waals surface area contributed by atoms with E-state index in [1.807, 2.05) is 0 Å². The summed E-state index contributed by atoms with van der Waals surface area (Å²) in [5, 5.41) is 20.0. The second-order valence-corrected chi connectivity index (χ2v) is 3.15. The summed E-state index contributed by atoms with van der Waals surface area (Å²) in [6.07, 6.45) is 0. The summed E-state index contributed by atoms with van der Waals surface area (Å²) in [6.45, 7) is 4.82. The number of likely N-dealkylation sites (N-methyl/N-ethyl adjacent to an activating group) is 1. The highest BCUT2D eigenvalue weighted by Gasteiger charge is 2.14. The van der Waals surface area contributed by atoms with Gasteiger partial charge >= 0.3 is 0 Å². The van der Waals surface area contributed by atoms with Crippen LogP contribution in [0.3, 0.4) is 0 Å². The van der Waals surface area contributed by atoms with Crippen LogP contribution in [0, 0.1) is 0 Å². The number of hydrogen-bond acceptors (Lipinski definition) is 5. The smallest absolute Gasteiger partial charge is 0.0966 e. The number of carbonyl (C=O) groups excluding carboxylic acids is 2. The van der Waals surface area contributed by atoms with Gasteiger partial charge < -0.3 is 35.7 Å². The SMILES string of the molecule is C[NH+]1CCN([NH3+])CC1.O.O.O=C([O-])C(=O)[O-]. The Morgan fingerprint density at radius 1 is 1.12 bits per heavy atom. The van der Waals surface area contributed by atoms with Gasteiger partial charge in [-0.05, 0) is 0 Å². The lowest BCUT2D eigenvalue weighted by Gasteiger charge is -2.23. The van der Waals surface area contributed by atoms with Crippen LogP contribution in [0.25, 0.3) is 0 Å². The molecule has 0 aromatic rings. The average Bonchev–Trinajstić information content (AvgIpc) is 2.11. The van der Waals surface area contributed by atoms with Crippen molar-refractivity contribution in [1.29, 1.82) is 0 Å². The predicted octanol–water partition coefficient (Wildman–Crippen LogP) is -8.19. The highest BCUT2D eigenvalue weighted by Crippen LogP contribution is 1.72. The molecular formula is C7H19N3O6. The van der Waals surface area contributed by atoms with Crippen LogP contribution in [-0.4, -0.2) is 61.1 Å². The van der Waals surface area contributed by atoms with Gasteiger partial charge in [-0.1, -0.05) is 0 Å². The zero-order valence-electron chi connectivity index (χ0n) is 9.12. The van der Waals surface area contributed by atoms with Gasteiger partial charge in [0, 0.05) is 0 Å². The fourth-order valence-corrected chi connectivity index (χ4v) is 0.935. The highest BCUT2D eigenvalue weighted by atomic mass is 16.4. The molecule has 0 spiro atoms. The van der Waals surface area contributed by atoms with Crippen molar-refractivity contribution in [3.8, 4) is 0 Å². The Bertz CT molecular complexity index is 182. The predicted molar refractivity (Wildman–Crippen MR) is 48.3 cm³/mol. The van der Waals surface area contributed by atoms with E-state index in [-0.39, 0.29) is 11.0 Å². The molecule has 9 heteroatoms. The van der Waals surface area contributed by atoms with Gasteiger partial charge in [-0.25, -0.2) is 0 Å². The van der Waals surface area contributed by atoms with Crippen LogP contribution >= 0.6 is 0 Å². The summed E-state index contributed by atoms with van der Waals surface area (Å²) in [6, 6.07) is 0. The maximum atomic E-state index is 8.93. The van der Waals surface area contributed by atoms with E-state index in [1.165, 1.54) is 13.1 Å². The summed E-state index contributed by atoms with van der Waals surface area (Å²) < 4.78 is 0. The number of carbonyl (C=O) groups is 2. The van der Waals surface area contributed by atoms with Crippen LogP contribution in [0.2, 0.25) is 0 Å². The molecular weight excluding hydrogens is 222 g/mol. The third-order valence-electron chi connectivity index (χ3n) is 1.88. The minimum absolute atomic E-state index is 0. The van der Waals surface area contributed by atoms with E-state index < -0.39 is 11.9 Å². The van der Waals surface area contributed by atoms with E-state index >= 15 is 0 Å². The van der Waals surface area contributed by atoms with Gasteiger partial charge in [0.1, 0.15) is 0 Å². The Labute approximate surface area is 92.6 Å². The Morgan fingerprint density at radius 2 is 1.44 bits per heavy atom. The van der Waals surface area contributed by atoms with E-state index in [0.29, 0.717) is 0 Å². The summed E-state index contributed by atoms with van der Waals surface area (Å²) >= 11 is 0. The third-order valence-corrected chi connectivity index (χ3v) is 1.88. The van der Waals surface area contributed by atoms with Gasteiger partial charge in [0.2, 0.25) is 0 Å². The van der Waals surface area contributed by atoms with Crippen molar-refractivity contribution in [2.75, 3.05) is 33.2 Å². The van der Waals surface area contributed by atoms with Gasteiger partial charge in [-0.15, -0.1) is 5.01 Å². The largest absolute Gasteiger partial charge is 0.543 e. The number of piperazine rings is 1. The molecule has 1 fully saturated rings. The molecule has 0 aliphatic carbocycles. The van der Waals surface area contributed by atoms with Gasteiger partial charge in [0.05, 0.1) is 45.2 Å². The standard InChI is InChI=1S/C5H13N3.C2H2O4.2H2O/c1-7-2-4-8(6)5-3-7;3-1(4)2(5)6;;/h2-6H2,1H3;(H,3,4)(H,5,6);2*1H2. The van der Waals surface area contributed by atoms with Crippen molar-refractivity contribution >= 4 is 11.9 Å². The molecule has 0 atom stereocenters. The number of nitrogens with one attached hydrogen (secondary N) is 1. The van der Waals surface area contributed by atoms with E-state index in [1.54, 1.807) is 4.90 Å². The number of hydrogen-bond donors (Lipinski definition) is 2. The number of rotatable bonds is 0. The minimum atomic E-state index is -2.19. The molecule has 8 N–H and O–H groups in total. The molecule has 0 aromatic heterocycles. The number of nitrogens with zero attached hydrogens (tertiary/aromatic N) is 1. The monoisotopic (exact) mass is 241 g/mol. The van der Waals surface area contributed by atoms with Crippen LogP contribution in [0.4, 0.5) is 0 Å². The van der Waals surface area contributed by atoms with Gasteiger partial charge in [-0.3, -0.25) is 5.84 Å². The van der Waals surface area contributed by atoms with E-state index in [0.717, 1.165) is 13.1 Å². The molecule has 1 rings (SSSR count). The molecule has 0 aromatic carbocycles. The van der Waals surface area contributed by atoms with Crippen LogP contribution < -0.4 is 21.0 Å². The third kappa shape index (κ3) is 10.8. The van der Waals surface area contributed by atoms with E-state index in [2.05, 4.69) is 17.9 Å². The Hall–Kier alpha value is -1.26. The van der Waals surface area contributed by atoms with Crippen molar-refractivity contribution in [3.05, 3.63) is 0 Å². The van der Waals surface area contributed by atoms with E-state index in [9.17, 15) is 0 Å². The van der Waals surface area contributed by atoms with Gasteiger partial charge in [-0.2, -0.15) is 0 Å². The molecule has 16 heavy (non-hydrogen) atoms. The number of quaternary nitrogens is 2. The first-order valence-corrected chi connectivity index (χ1v) is 4.22. The second-order valence-electron chi connectivity index (χ2n) is 3.15. The lowest BCUT2D eigenvalue weighted by molar-refractivity contribution is -0.893. The van der Waals surface area contributed by atoms with Gasteiger partial charge in [0.25, 0.3) is 0 Å². The van der Waals surface area contributed by atoms with Crippen LogP contribution in [-0.2, 0) is 9.59 Å². The first-order valence-electron chi connectivity index (χ1n) is 4.22. The Kier molecular flexibility index (Phi) is 13.0. The summed E-state index contributed by atoms with van der Waals surface area (Å²) in [5.41, 5.74) is 0. The zero-order valence-corrected chi connectivity index (χ0v) is 9.12. The fraction of sp³-hybridized carbons (Fsp3) is 0.714. The maximum absolute atomic E-state index is 8.93. The minimum Gasteiger partial charge on any atom is -0.543 e. The quantitative estimate of drug-likeness (QED) is 0.399. The van der Waals surface area contributed by atoms with Crippen molar-refractivity contribution in [1.82, 2.24) is 5.01 Å². The average molecular weight is 241 g/mol. The molecule has 0 saturated carbocycles. The Morgan fingerprint density at radius 3 is 1.62 bits per heavy atom. The van der Waals surface area contributed by atoms with Crippen LogP contribution in [0.5, 0.6) is 0 Å². The summed E-state index contributed by atoms with van der Waals surface area (Å²) in [4.78, 5) is 19.5. The second kappa shape index (κ2) is 10.3. The van der Waals surface area contributed by atoms with Crippen molar-refractivity contribution in [2.45, 2.75) is 0 Å². The molecule has 0 radical (unpaired) electrons. The normalized spacial score (nSPS) is 15.9. The van der Waals surface area contributed by atoms with Crippen LogP contribution in [0.15, 0.2) is 0 Å². The van der Waals surface area contributed by atoms with Crippen LogP contribution in [0.1, 0.15) is 0 Å². The first-order chi connectivity index (χ1) is 6.43. The molecule has 1 aliphatic heterocycles. The van der Waals surface area contributed by atoms with Crippen molar-refractivity contribution in [2.24, 2.45) is 0 Å². The zero-order chi connectivity index (χ0) is 11.1. The molecule has 1 heterocycles. The molecule has 0 unspecified atom stereocenters. The fourth-order valence-electron chi connectivity index (χ4n) is 0.935. The summed E-state index contributed by atoms with van der Waals surface area (Å²) in [5.74, 6) is -0.518. The van der Waals surface area contributed by atoms with Gasteiger partial charge in [0.15, 0.2) is 0 Å². The number of carboxylic acids is 2. The number of aliphatic carboxylic acids is 2.